The molecular formula is C12H23N3. The minimum absolute atomic E-state index is 0.550. The molecule has 86 valence electrons. The van der Waals surface area contributed by atoms with Crippen LogP contribution in [-0.4, -0.2) is 22.6 Å². The van der Waals surface area contributed by atoms with Gasteiger partial charge in [0.25, 0.3) is 0 Å². The van der Waals surface area contributed by atoms with Gasteiger partial charge in [-0.15, -0.1) is 0 Å². The Morgan fingerprint density at radius 1 is 1.40 bits per heavy atom. The van der Waals surface area contributed by atoms with Gasteiger partial charge in [-0.3, -0.25) is 0 Å². The summed E-state index contributed by atoms with van der Waals surface area (Å²) in [5.41, 5.74) is 0. The van der Waals surface area contributed by atoms with Crippen LogP contribution >= 0.6 is 0 Å². The molecule has 3 nitrogen and oxygen atoms in total. The van der Waals surface area contributed by atoms with Gasteiger partial charge >= 0.3 is 0 Å². The maximum Gasteiger partial charge on any atom is 0.108 e. The van der Waals surface area contributed by atoms with E-state index in [9.17, 15) is 0 Å². The Balaban J connectivity index is 2.57. The van der Waals surface area contributed by atoms with Gasteiger partial charge in [-0.2, -0.15) is 0 Å². The van der Waals surface area contributed by atoms with E-state index in [1.54, 1.807) is 0 Å². The first-order chi connectivity index (χ1) is 7.33. The molecule has 0 aliphatic carbocycles. The van der Waals surface area contributed by atoms with Crippen molar-refractivity contribution in [2.45, 2.75) is 46.1 Å². The molecule has 1 atom stereocenters. The minimum Gasteiger partial charge on any atom is -0.331 e. The third-order valence-electron chi connectivity index (χ3n) is 2.74. The Morgan fingerprint density at radius 3 is 2.80 bits per heavy atom. The van der Waals surface area contributed by atoms with Crippen molar-refractivity contribution < 1.29 is 0 Å². The van der Waals surface area contributed by atoms with Crippen molar-refractivity contribution in [3.8, 4) is 0 Å². The smallest absolute Gasteiger partial charge is 0.108 e. The fourth-order valence-corrected chi connectivity index (χ4v) is 1.84. The van der Waals surface area contributed by atoms with Gasteiger partial charge in [-0.1, -0.05) is 20.8 Å². The number of rotatable bonds is 7. The predicted octanol–water partition coefficient (Wildman–Crippen LogP) is 2.40. The van der Waals surface area contributed by atoms with Crippen molar-refractivity contribution in [1.82, 2.24) is 14.9 Å². The van der Waals surface area contributed by atoms with Crippen LogP contribution in [-0.2, 0) is 6.42 Å². The Bertz CT molecular complexity index is 268. The lowest BCUT2D eigenvalue weighted by molar-refractivity contribution is 0.436. The largest absolute Gasteiger partial charge is 0.331 e. The van der Waals surface area contributed by atoms with Gasteiger partial charge in [0.15, 0.2) is 0 Å². The van der Waals surface area contributed by atoms with E-state index in [0.717, 1.165) is 25.9 Å². The molecule has 0 aromatic carbocycles. The van der Waals surface area contributed by atoms with Crippen LogP contribution < -0.4 is 5.32 Å². The highest BCUT2D eigenvalue weighted by Gasteiger charge is 2.10. The summed E-state index contributed by atoms with van der Waals surface area (Å²) < 4.78 is 2.31. The van der Waals surface area contributed by atoms with Gasteiger partial charge in [0.2, 0.25) is 0 Å². The number of imidazole rings is 1. The predicted molar refractivity (Wildman–Crippen MR) is 64.1 cm³/mol. The number of aryl methyl sites for hydroxylation is 1. The highest BCUT2D eigenvalue weighted by molar-refractivity contribution is 4.95. The van der Waals surface area contributed by atoms with Crippen LogP contribution in [0.1, 0.15) is 45.5 Å². The Labute approximate surface area is 92.9 Å². The Morgan fingerprint density at radius 2 is 2.20 bits per heavy atom. The molecule has 0 radical (unpaired) electrons. The van der Waals surface area contributed by atoms with Crippen molar-refractivity contribution in [1.29, 1.82) is 0 Å². The highest BCUT2D eigenvalue weighted by atomic mass is 15.1. The fraction of sp³-hybridized carbons (Fsp3) is 0.750. The van der Waals surface area contributed by atoms with E-state index in [1.807, 2.05) is 6.20 Å². The van der Waals surface area contributed by atoms with Gasteiger partial charge in [-0.05, 0) is 19.4 Å². The lowest BCUT2D eigenvalue weighted by atomic mass is 10.2. The first kappa shape index (κ1) is 12.2. The van der Waals surface area contributed by atoms with Crippen LogP contribution in [0, 0.1) is 0 Å². The van der Waals surface area contributed by atoms with Crippen molar-refractivity contribution >= 4 is 0 Å². The minimum atomic E-state index is 0.550. The van der Waals surface area contributed by atoms with Crippen molar-refractivity contribution in [2.75, 3.05) is 13.1 Å². The standard InChI is InChI=1S/C12H23N3/c1-4-7-13-10-11(5-2)15-9-8-14-12(15)6-3/h8-9,11,13H,4-7,10H2,1-3H3. The summed E-state index contributed by atoms with van der Waals surface area (Å²) >= 11 is 0. The zero-order chi connectivity index (χ0) is 11.1. The molecule has 0 bridgehead atoms. The highest BCUT2D eigenvalue weighted by Crippen LogP contribution is 2.13. The van der Waals surface area contributed by atoms with Crippen molar-refractivity contribution in [3.05, 3.63) is 18.2 Å². The molecule has 0 spiro atoms. The van der Waals surface area contributed by atoms with E-state index in [4.69, 9.17) is 0 Å². The molecule has 1 aromatic heterocycles. The topological polar surface area (TPSA) is 29.9 Å². The SMILES string of the molecule is CCCNCC(CC)n1ccnc1CC. The first-order valence-electron chi connectivity index (χ1n) is 6.05. The number of hydrogen-bond acceptors (Lipinski definition) is 2. The lowest BCUT2D eigenvalue weighted by Crippen LogP contribution is -2.26. The van der Waals surface area contributed by atoms with Crippen LogP contribution in [0.5, 0.6) is 0 Å². The molecule has 0 aliphatic rings. The summed E-state index contributed by atoms with van der Waals surface area (Å²) in [6, 6.07) is 0.550. The van der Waals surface area contributed by atoms with Crippen LogP contribution in [0.25, 0.3) is 0 Å². The second-order valence-electron chi connectivity index (χ2n) is 3.87. The van der Waals surface area contributed by atoms with Gasteiger partial charge in [0, 0.05) is 31.4 Å². The molecule has 0 aliphatic heterocycles. The summed E-state index contributed by atoms with van der Waals surface area (Å²) in [6.07, 6.45) is 7.36. The molecule has 15 heavy (non-hydrogen) atoms. The van der Waals surface area contributed by atoms with E-state index in [0.29, 0.717) is 6.04 Å². The van der Waals surface area contributed by atoms with E-state index >= 15 is 0 Å². The summed E-state index contributed by atoms with van der Waals surface area (Å²) in [5.74, 6) is 1.19. The zero-order valence-electron chi connectivity index (χ0n) is 10.2. The molecule has 3 heteroatoms. The summed E-state index contributed by atoms with van der Waals surface area (Å²) in [4.78, 5) is 4.37. The van der Waals surface area contributed by atoms with E-state index < -0.39 is 0 Å². The molecule has 0 saturated carbocycles. The second kappa shape index (κ2) is 6.62. The average Bonchev–Trinajstić information content (AvgIpc) is 2.72. The van der Waals surface area contributed by atoms with Crippen molar-refractivity contribution in [3.63, 3.8) is 0 Å². The lowest BCUT2D eigenvalue weighted by Gasteiger charge is -2.19. The fourth-order valence-electron chi connectivity index (χ4n) is 1.84. The molecule has 1 rings (SSSR count). The van der Waals surface area contributed by atoms with E-state index in [1.165, 1.54) is 12.2 Å². The third-order valence-corrected chi connectivity index (χ3v) is 2.74. The van der Waals surface area contributed by atoms with Crippen LogP contribution in [0.15, 0.2) is 12.4 Å². The van der Waals surface area contributed by atoms with E-state index in [-0.39, 0.29) is 0 Å². The molecule has 0 amide bonds. The molecule has 1 N–H and O–H groups in total. The Kier molecular flexibility index (Phi) is 5.40. The quantitative estimate of drug-likeness (QED) is 0.699. The second-order valence-corrected chi connectivity index (χ2v) is 3.87. The van der Waals surface area contributed by atoms with Crippen LogP contribution in [0.2, 0.25) is 0 Å². The zero-order valence-corrected chi connectivity index (χ0v) is 10.2. The maximum atomic E-state index is 4.37. The number of nitrogens with one attached hydrogen (secondary N) is 1. The van der Waals surface area contributed by atoms with Crippen LogP contribution in [0.4, 0.5) is 0 Å². The molecule has 1 unspecified atom stereocenters. The van der Waals surface area contributed by atoms with Gasteiger partial charge in [0.05, 0.1) is 0 Å². The number of aromatic nitrogens is 2. The number of nitrogens with zero attached hydrogens (tertiary/aromatic N) is 2. The molecule has 1 heterocycles. The summed E-state index contributed by atoms with van der Waals surface area (Å²) in [6.45, 7) is 8.74. The molecule has 1 aromatic rings. The third kappa shape index (κ3) is 3.34. The van der Waals surface area contributed by atoms with Gasteiger partial charge in [0.1, 0.15) is 5.82 Å². The van der Waals surface area contributed by atoms with E-state index in [2.05, 4.69) is 41.8 Å². The van der Waals surface area contributed by atoms with Crippen molar-refractivity contribution in [2.24, 2.45) is 0 Å². The molecule has 0 fully saturated rings. The van der Waals surface area contributed by atoms with Gasteiger partial charge in [-0.25, -0.2) is 4.98 Å². The average molecular weight is 209 g/mol. The first-order valence-corrected chi connectivity index (χ1v) is 6.05. The summed E-state index contributed by atoms with van der Waals surface area (Å²) in [7, 11) is 0. The normalized spacial score (nSPS) is 13.0. The number of hydrogen-bond donors (Lipinski definition) is 1. The van der Waals surface area contributed by atoms with Gasteiger partial charge < -0.3 is 9.88 Å². The summed E-state index contributed by atoms with van der Waals surface area (Å²) in [5, 5.41) is 3.48. The Hall–Kier alpha value is -0.830. The molecular weight excluding hydrogens is 186 g/mol. The monoisotopic (exact) mass is 209 g/mol. The molecule has 0 saturated heterocycles. The van der Waals surface area contributed by atoms with Crippen LogP contribution in [0.3, 0.4) is 0 Å². The maximum absolute atomic E-state index is 4.37.